The molecule has 0 saturated heterocycles. The zero-order chi connectivity index (χ0) is 22.3. The van der Waals surface area contributed by atoms with E-state index >= 15 is 0 Å². The van der Waals surface area contributed by atoms with Crippen molar-refractivity contribution < 1.29 is 9.18 Å². The van der Waals surface area contributed by atoms with Gasteiger partial charge in [-0.15, -0.1) is 15.3 Å². The summed E-state index contributed by atoms with van der Waals surface area (Å²) in [5.41, 5.74) is 2.75. The highest BCUT2D eigenvalue weighted by Crippen LogP contribution is 2.14. The van der Waals surface area contributed by atoms with Gasteiger partial charge in [-0.1, -0.05) is 49.4 Å². The Morgan fingerprint density at radius 3 is 2.59 bits per heavy atom. The summed E-state index contributed by atoms with van der Waals surface area (Å²) in [4.78, 5) is 12.3. The molecule has 0 bridgehead atoms. The van der Waals surface area contributed by atoms with E-state index in [1.807, 2.05) is 30.3 Å². The Balaban J connectivity index is 1.32. The second-order valence-corrected chi connectivity index (χ2v) is 7.70. The number of anilines is 1. The lowest BCUT2D eigenvalue weighted by molar-refractivity contribution is -0.121. The maximum absolute atomic E-state index is 13.0. The first kappa shape index (κ1) is 21.4. The van der Waals surface area contributed by atoms with Gasteiger partial charge < -0.3 is 10.6 Å². The molecular formula is C24H25FN6O. The molecule has 0 radical (unpaired) electrons. The van der Waals surface area contributed by atoms with E-state index in [2.05, 4.69) is 45.0 Å². The second-order valence-electron chi connectivity index (χ2n) is 7.70. The van der Waals surface area contributed by atoms with Crippen LogP contribution in [-0.4, -0.2) is 32.3 Å². The predicted molar refractivity (Wildman–Crippen MR) is 121 cm³/mol. The monoisotopic (exact) mass is 432 g/mol. The van der Waals surface area contributed by atoms with Crippen molar-refractivity contribution in [1.82, 2.24) is 25.1 Å². The van der Waals surface area contributed by atoms with Gasteiger partial charge in [0.2, 0.25) is 5.91 Å². The first-order chi connectivity index (χ1) is 15.6. The van der Waals surface area contributed by atoms with Crippen LogP contribution >= 0.6 is 0 Å². The molecule has 0 fully saturated rings. The highest BCUT2D eigenvalue weighted by molar-refractivity contribution is 5.76. The largest absolute Gasteiger partial charge is 0.365 e. The maximum Gasteiger partial charge on any atom is 0.220 e. The Bertz CT molecular complexity index is 1180. The highest BCUT2D eigenvalue weighted by atomic mass is 19.1. The van der Waals surface area contributed by atoms with Crippen molar-refractivity contribution in [3.8, 4) is 0 Å². The van der Waals surface area contributed by atoms with E-state index in [9.17, 15) is 9.18 Å². The molecule has 2 N–H and O–H groups in total. The van der Waals surface area contributed by atoms with E-state index in [0.29, 0.717) is 43.2 Å². The van der Waals surface area contributed by atoms with Gasteiger partial charge in [0.25, 0.3) is 0 Å². The number of aryl methyl sites for hydroxylation is 1. The van der Waals surface area contributed by atoms with Gasteiger partial charge in [0.05, 0.1) is 0 Å². The van der Waals surface area contributed by atoms with Crippen LogP contribution in [-0.2, 0) is 17.8 Å². The van der Waals surface area contributed by atoms with Gasteiger partial charge in [0.15, 0.2) is 11.5 Å². The zero-order valence-corrected chi connectivity index (χ0v) is 17.8. The second kappa shape index (κ2) is 10.00. The van der Waals surface area contributed by atoms with Crippen molar-refractivity contribution >= 4 is 17.4 Å². The number of rotatable bonds is 9. The molecule has 1 amide bonds. The van der Waals surface area contributed by atoms with Crippen molar-refractivity contribution in [2.24, 2.45) is 0 Å². The normalized spacial score (nSPS) is 11.9. The summed E-state index contributed by atoms with van der Waals surface area (Å²) >= 11 is 0. The van der Waals surface area contributed by atoms with Gasteiger partial charge in [-0.3, -0.25) is 4.79 Å². The van der Waals surface area contributed by atoms with Gasteiger partial charge in [0, 0.05) is 25.9 Å². The van der Waals surface area contributed by atoms with E-state index in [0.717, 1.165) is 5.56 Å². The average molecular weight is 433 g/mol. The van der Waals surface area contributed by atoms with Crippen LogP contribution in [0.5, 0.6) is 0 Å². The lowest BCUT2D eigenvalue weighted by Gasteiger charge is -2.12. The Morgan fingerprint density at radius 1 is 1.03 bits per heavy atom. The Kier molecular flexibility index (Phi) is 6.69. The van der Waals surface area contributed by atoms with Crippen LogP contribution in [0.4, 0.5) is 10.2 Å². The molecule has 0 unspecified atom stereocenters. The molecule has 0 aliphatic rings. The number of benzene rings is 2. The van der Waals surface area contributed by atoms with E-state index in [4.69, 9.17) is 0 Å². The number of carbonyl (C=O) groups is 1. The van der Waals surface area contributed by atoms with E-state index in [-0.39, 0.29) is 17.6 Å². The number of nitrogens with one attached hydrogen (secondary N) is 2. The summed E-state index contributed by atoms with van der Waals surface area (Å²) in [5, 5.41) is 19.0. The molecule has 32 heavy (non-hydrogen) atoms. The maximum atomic E-state index is 13.0. The number of fused-ring (bicyclic) bond motifs is 1. The quantitative estimate of drug-likeness (QED) is 0.421. The van der Waals surface area contributed by atoms with Crippen LogP contribution < -0.4 is 10.6 Å². The molecule has 2 aromatic heterocycles. The third kappa shape index (κ3) is 5.46. The number of hydrogen-bond donors (Lipinski definition) is 2. The minimum Gasteiger partial charge on any atom is -0.365 e. The molecule has 2 heterocycles. The molecule has 0 saturated carbocycles. The average Bonchev–Trinajstić information content (AvgIpc) is 3.23. The summed E-state index contributed by atoms with van der Waals surface area (Å²) in [6, 6.07) is 20.0. The van der Waals surface area contributed by atoms with Gasteiger partial charge in [-0.05, 0) is 41.3 Å². The molecule has 164 valence electrons. The van der Waals surface area contributed by atoms with Crippen molar-refractivity contribution in [1.29, 1.82) is 0 Å². The van der Waals surface area contributed by atoms with Crippen LogP contribution in [0.25, 0.3) is 5.65 Å². The van der Waals surface area contributed by atoms with Crippen LogP contribution in [0, 0.1) is 5.82 Å². The van der Waals surface area contributed by atoms with Crippen molar-refractivity contribution in [3.63, 3.8) is 0 Å². The fraction of sp³-hybridized carbons (Fsp3) is 0.250. The van der Waals surface area contributed by atoms with Crippen LogP contribution in [0.3, 0.4) is 0 Å². The number of halogens is 1. The van der Waals surface area contributed by atoms with Crippen molar-refractivity contribution in [2.45, 2.75) is 32.2 Å². The molecule has 8 heteroatoms. The topological polar surface area (TPSA) is 84.2 Å². The Hall–Kier alpha value is -3.81. The SMILES string of the molecule is C[C@@H](CNC(=O)CCc1nnc2ccc(NCc3ccc(F)cc3)nn12)c1ccccc1. The first-order valence-corrected chi connectivity index (χ1v) is 10.6. The minimum atomic E-state index is -0.263. The zero-order valence-electron chi connectivity index (χ0n) is 17.8. The summed E-state index contributed by atoms with van der Waals surface area (Å²) in [6.45, 7) is 3.18. The summed E-state index contributed by atoms with van der Waals surface area (Å²) in [7, 11) is 0. The fourth-order valence-corrected chi connectivity index (χ4v) is 3.36. The summed E-state index contributed by atoms with van der Waals surface area (Å²) < 4.78 is 14.7. The summed E-state index contributed by atoms with van der Waals surface area (Å²) in [5.74, 6) is 1.21. The summed E-state index contributed by atoms with van der Waals surface area (Å²) in [6.07, 6.45) is 0.734. The molecule has 0 aliphatic heterocycles. The van der Waals surface area contributed by atoms with Crippen LogP contribution in [0.15, 0.2) is 66.7 Å². The first-order valence-electron chi connectivity index (χ1n) is 10.6. The third-order valence-electron chi connectivity index (χ3n) is 5.26. The van der Waals surface area contributed by atoms with Gasteiger partial charge in [0.1, 0.15) is 11.6 Å². The lowest BCUT2D eigenvalue weighted by atomic mass is 10.0. The highest BCUT2D eigenvalue weighted by Gasteiger charge is 2.12. The Morgan fingerprint density at radius 2 is 1.81 bits per heavy atom. The van der Waals surface area contributed by atoms with Gasteiger partial charge in [-0.25, -0.2) is 4.39 Å². The third-order valence-corrected chi connectivity index (χ3v) is 5.26. The molecule has 0 spiro atoms. The fourth-order valence-electron chi connectivity index (χ4n) is 3.36. The van der Waals surface area contributed by atoms with Crippen molar-refractivity contribution in [2.75, 3.05) is 11.9 Å². The van der Waals surface area contributed by atoms with E-state index < -0.39 is 0 Å². The molecular weight excluding hydrogens is 407 g/mol. The number of aromatic nitrogens is 4. The smallest absolute Gasteiger partial charge is 0.220 e. The Labute approximate surface area is 185 Å². The number of amides is 1. The lowest BCUT2D eigenvalue weighted by Crippen LogP contribution is -2.27. The van der Waals surface area contributed by atoms with Crippen LogP contribution in [0.2, 0.25) is 0 Å². The standard InChI is InChI=1S/C24H25FN6O/c1-17(19-5-3-2-4-6-19)15-27-24(32)14-13-23-29-28-22-12-11-21(30-31(22)23)26-16-18-7-9-20(25)10-8-18/h2-12,17H,13-16H2,1H3,(H,26,30)(H,27,32)/t17-/m0/s1. The van der Waals surface area contributed by atoms with E-state index in [1.165, 1.54) is 17.7 Å². The van der Waals surface area contributed by atoms with Gasteiger partial charge in [-0.2, -0.15) is 4.52 Å². The molecule has 7 nitrogen and oxygen atoms in total. The molecule has 1 atom stereocenters. The van der Waals surface area contributed by atoms with Crippen molar-refractivity contribution in [3.05, 3.63) is 89.5 Å². The van der Waals surface area contributed by atoms with E-state index in [1.54, 1.807) is 16.6 Å². The number of nitrogens with zero attached hydrogens (tertiary/aromatic N) is 4. The van der Waals surface area contributed by atoms with Gasteiger partial charge >= 0.3 is 0 Å². The molecule has 4 rings (SSSR count). The molecule has 4 aromatic rings. The minimum absolute atomic E-state index is 0.0323. The number of carbonyl (C=O) groups excluding carboxylic acids is 1. The predicted octanol–water partition coefficient (Wildman–Crippen LogP) is 3.73. The van der Waals surface area contributed by atoms with Crippen LogP contribution in [0.1, 0.15) is 36.2 Å². The molecule has 2 aromatic carbocycles. The number of hydrogen-bond acceptors (Lipinski definition) is 5. The molecule has 0 aliphatic carbocycles.